The minimum absolute atomic E-state index is 0.0727. The van der Waals surface area contributed by atoms with E-state index in [1.165, 1.54) is 4.90 Å². The highest BCUT2D eigenvalue weighted by molar-refractivity contribution is 7.92. The minimum Gasteiger partial charge on any atom is -0.497 e. The molecule has 3 aromatic carbocycles. The Bertz CT molecular complexity index is 1450. The molecular formula is C32H41N3O5S. The molecule has 0 aromatic heterocycles. The Morgan fingerprint density at radius 2 is 1.51 bits per heavy atom. The molecule has 0 saturated heterocycles. The van der Waals surface area contributed by atoms with E-state index in [1.54, 1.807) is 56.5 Å². The van der Waals surface area contributed by atoms with E-state index in [0.29, 0.717) is 11.4 Å². The normalized spacial score (nSPS) is 12.8. The van der Waals surface area contributed by atoms with Crippen LogP contribution in [0.1, 0.15) is 49.4 Å². The SMILES string of the molecule is CC[C@@H](C)NC(=O)[C@@H](C)N(Cc1ccc(OC)cc1)C(=O)CN(c1ccc(C)cc1C)S(=O)(=O)c1ccc(C)cc1. The third-order valence-corrected chi connectivity index (χ3v) is 8.96. The van der Waals surface area contributed by atoms with Crippen LogP contribution in [0.3, 0.4) is 0 Å². The van der Waals surface area contributed by atoms with Crippen molar-refractivity contribution in [1.29, 1.82) is 0 Å². The number of nitrogens with one attached hydrogen (secondary N) is 1. The molecule has 0 unspecified atom stereocenters. The number of carbonyl (C=O) groups excluding carboxylic acids is 2. The van der Waals surface area contributed by atoms with Gasteiger partial charge in [-0.25, -0.2) is 8.42 Å². The van der Waals surface area contributed by atoms with Crippen LogP contribution in [0.25, 0.3) is 0 Å². The van der Waals surface area contributed by atoms with Gasteiger partial charge in [0.05, 0.1) is 17.7 Å². The summed E-state index contributed by atoms with van der Waals surface area (Å²) in [4.78, 5) is 28.8. The molecule has 0 heterocycles. The van der Waals surface area contributed by atoms with Crippen LogP contribution >= 0.6 is 0 Å². The van der Waals surface area contributed by atoms with Gasteiger partial charge in [0.1, 0.15) is 18.3 Å². The van der Waals surface area contributed by atoms with Crippen molar-refractivity contribution >= 4 is 27.5 Å². The summed E-state index contributed by atoms with van der Waals surface area (Å²) in [6, 6.07) is 18.3. The number of aryl methyl sites for hydroxylation is 3. The van der Waals surface area contributed by atoms with Gasteiger partial charge in [-0.3, -0.25) is 13.9 Å². The van der Waals surface area contributed by atoms with Gasteiger partial charge in [-0.05, 0) is 82.5 Å². The first-order chi connectivity index (χ1) is 19.4. The van der Waals surface area contributed by atoms with Crippen LogP contribution in [0, 0.1) is 20.8 Å². The van der Waals surface area contributed by atoms with Gasteiger partial charge in [-0.1, -0.05) is 54.4 Å². The predicted molar refractivity (Wildman–Crippen MR) is 163 cm³/mol. The Morgan fingerprint density at radius 3 is 2.07 bits per heavy atom. The topological polar surface area (TPSA) is 96.0 Å². The second kappa shape index (κ2) is 13.7. The highest BCUT2D eigenvalue weighted by Crippen LogP contribution is 2.28. The molecule has 2 amide bonds. The van der Waals surface area contributed by atoms with Crippen LogP contribution in [0.4, 0.5) is 5.69 Å². The predicted octanol–water partition coefficient (Wildman–Crippen LogP) is 5.15. The van der Waals surface area contributed by atoms with E-state index in [0.717, 1.165) is 33.0 Å². The molecule has 0 aliphatic carbocycles. The van der Waals surface area contributed by atoms with Crippen molar-refractivity contribution in [1.82, 2.24) is 10.2 Å². The Hall–Kier alpha value is -3.85. The average Bonchev–Trinajstić information content (AvgIpc) is 2.94. The van der Waals surface area contributed by atoms with E-state index in [-0.39, 0.29) is 23.4 Å². The molecule has 9 heteroatoms. The molecule has 0 aliphatic rings. The van der Waals surface area contributed by atoms with Crippen LogP contribution < -0.4 is 14.4 Å². The van der Waals surface area contributed by atoms with Gasteiger partial charge in [0.15, 0.2) is 0 Å². The van der Waals surface area contributed by atoms with Crippen LogP contribution in [0.2, 0.25) is 0 Å². The maximum atomic E-state index is 14.1. The first-order valence-corrected chi connectivity index (χ1v) is 15.2. The Kier molecular flexibility index (Phi) is 10.6. The zero-order chi connectivity index (χ0) is 30.3. The Balaban J connectivity index is 2.05. The standard InChI is InChI=1S/C32H41N3O5S/c1-8-25(5)33-32(37)26(6)34(20-27-12-14-28(40-7)15-13-27)31(36)21-35(30-18-11-23(3)19-24(30)4)41(38,39)29-16-9-22(2)10-17-29/h9-19,25-26H,8,20-21H2,1-7H3,(H,33,37)/t25-,26-/m1/s1. The highest BCUT2D eigenvalue weighted by atomic mass is 32.2. The van der Waals surface area contributed by atoms with Crippen molar-refractivity contribution in [3.63, 3.8) is 0 Å². The molecule has 1 N–H and O–H groups in total. The van der Waals surface area contributed by atoms with Crippen LogP contribution in [-0.4, -0.2) is 50.9 Å². The van der Waals surface area contributed by atoms with Crippen molar-refractivity contribution in [3.8, 4) is 5.75 Å². The number of benzene rings is 3. The lowest BCUT2D eigenvalue weighted by atomic mass is 10.1. The fourth-order valence-corrected chi connectivity index (χ4v) is 5.89. The van der Waals surface area contributed by atoms with Crippen LogP contribution in [-0.2, 0) is 26.2 Å². The molecule has 2 atom stereocenters. The summed E-state index contributed by atoms with van der Waals surface area (Å²) in [5.74, 6) is -0.136. The van der Waals surface area contributed by atoms with Crippen molar-refractivity contribution in [3.05, 3.63) is 89.0 Å². The van der Waals surface area contributed by atoms with E-state index in [1.807, 2.05) is 58.9 Å². The lowest BCUT2D eigenvalue weighted by Crippen LogP contribution is -2.52. The Labute approximate surface area is 244 Å². The number of sulfonamides is 1. The van der Waals surface area contributed by atoms with E-state index in [9.17, 15) is 18.0 Å². The van der Waals surface area contributed by atoms with Gasteiger partial charge in [-0.15, -0.1) is 0 Å². The zero-order valence-electron chi connectivity index (χ0n) is 25.0. The van der Waals surface area contributed by atoms with E-state index in [2.05, 4.69) is 5.32 Å². The number of ether oxygens (including phenoxy) is 1. The quantitative estimate of drug-likeness (QED) is 0.320. The molecule has 0 spiro atoms. The molecule has 0 radical (unpaired) electrons. The summed E-state index contributed by atoms with van der Waals surface area (Å²) in [6.07, 6.45) is 0.736. The number of hydrogen-bond acceptors (Lipinski definition) is 5. The number of carbonyl (C=O) groups is 2. The third-order valence-electron chi connectivity index (χ3n) is 7.19. The fourth-order valence-electron chi connectivity index (χ4n) is 4.41. The third kappa shape index (κ3) is 7.88. The maximum absolute atomic E-state index is 14.1. The van der Waals surface area contributed by atoms with Crippen molar-refractivity contribution in [2.45, 2.75) is 71.5 Å². The van der Waals surface area contributed by atoms with E-state index in [4.69, 9.17) is 4.74 Å². The number of anilines is 1. The maximum Gasteiger partial charge on any atom is 0.264 e. The van der Waals surface area contributed by atoms with Gasteiger partial charge in [0.25, 0.3) is 10.0 Å². The smallest absolute Gasteiger partial charge is 0.264 e. The number of amides is 2. The van der Waals surface area contributed by atoms with Crippen molar-refractivity contribution in [2.75, 3.05) is 18.0 Å². The average molecular weight is 580 g/mol. The molecule has 0 saturated carbocycles. The minimum atomic E-state index is -4.12. The fraction of sp³-hybridized carbons (Fsp3) is 0.375. The van der Waals surface area contributed by atoms with Gasteiger partial charge in [0, 0.05) is 12.6 Å². The zero-order valence-corrected chi connectivity index (χ0v) is 25.8. The molecule has 41 heavy (non-hydrogen) atoms. The number of nitrogens with zero attached hydrogens (tertiary/aromatic N) is 2. The lowest BCUT2D eigenvalue weighted by molar-refractivity contribution is -0.139. The van der Waals surface area contributed by atoms with Gasteiger partial charge in [-0.2, -0.15) is 0 Å². The molecule has 0 fully saturated rings. The lowest BCUT2D eigenvalue weighted by Gasteiger charge is -2.33. The molecular weight excluding hydrogens is 538 g/mol. The molecule has 0 aliphatic heterocycles. The first-order valence-electron chi connectivity index (χ1n) is 13.8. The summed E-state index contributed by atoms with van der Waals surface area (Å²) in [5, 5.41) is 2.95. The van der Waals surface area contributed by atoms with Gasteiger partial charge < -0.3 is 15.0 Å². The molecule has 0 bridgehead atoms. The highest BCUT2D eigenvalue weighted by Gasteiger charge is 2.33. The van der Waals surface area contributed by atoms with Gasteiger partial charge >= 0.3 is 0 Å². The first kappa shape index (κ1) is 31.7. The molecule has 3 aromatic rings. The van der Waals surface area contributed by atoms with Crippen molar-refractivity contribution < 1.29 is 22.7 Å². The second-order valence-corrected chi connectivity index (χ2v) is 12.3. The molecule has 8 nitrogen and oxygen atoms in total. The van der Waals surface area contributed by atoms with E-state index < -0.39 is 28.5 Å². The summed E-state index contributed by atoms with van der Waals surface area (Å²) in [7, 11) is -2.55. The number of hydrogen-bond donors (Lipinski definition) is 1. The monoisotopic (exact) mass is 579 g/mol. The summed E-state index contributed by atoms with van der Waals surface area (Å²) in [6.45, 7) is 10.8. The number of rotatable bonds is 12. The molecule has 220 valence electrons. The summed E-state index contributed by atoms with van der Waals surface area (Å²) in [5.41, 5.74) is 3.80. The van der Waals surface area contributed by atoms with Crippen LogP contribution in [0.5, 0.6) is 5.75 Å². The largest absolute Gasteiger partial charge is 0.497 e. The van der Waals surface area contributed by atoms with E-state index >= 15 is 0 Å². The van der Waals surface area contributed by atoms with Crippen LogP contribution in [0.15, 0.2) is 71.6 Å². The van der Waals surface area contributed by atoms with Crippen molar-refractivity contribution in [2.24, 2.45) is 0 Å². The summed E-state index contributed by atoms with van der Waals surface area (Å²) >= 11 is 0. The number of methoxy groups -OCH3 is 1. The Morgan fingerprint density at radius 1 is 0.902 bits per heavy atom. The van der Waals surface area contributed by atoms with Gasteiger partial charge in [0.2, 0.25) is 11.8 Å². The second-order valence-electron chi connectivity index (χ2n) is 10.5. The molecule has 3 rings (SSSR count). The summed E-state index contributed by atoms with van der Waals surface area (Å²) < 4.78 is 34.4.